The second-order valence-corrected chi connectivity index (χ2v) is 9.16. The molecule has 0 saturated carbocycles. The molecule has 4 aromatic rings. The van der Waals surface area contributed by atoms with Crippen LogP contribution in [-0.4, -0.2) is 42.4 Å². The Morgan fingerprint density at radius 3 is 2.71 bits per heavy atom. The first-order valence-electron chi connectivity index (χ1n) is 11.3. The number of aromatic nitrogens is 6. The van der Waals surface area contributed by atoms with Gasteiger partial charge in [0.1, 0.15) is 11.6 Å². The van der Waals surface area contributed by atoms with Gasteiger partial charge in [0, 0.05) is 17.9 Å². The van der Waals surface area contributed by atoms with Crippen molar-refractivity contribution in [3.8, 4) is 11.4 Å². The molecule has 1 atom stereocenters. The standard InChI is InChI=1S/C24H25FN8OS/c1-15-5-2-3-7-19(15)27-23-29-20(28-22(26)30-23)14-35-24-32-31-21(16-8-10-17(25)11-9-16)33(24)13-18-6-4-12-34-18/h2-3,5,7-11,18H,4,6,12-14H2,1H3,(H3,26,27,28,29,30)/t18-/m1/s1. The summed E-state index contributed by atoms with van der Waals surface area (Å²) in [5.74, 6) is 1.84. The van der Waals surface area contributed by atoms with Gasteiger partial charge in [0.25, 0.3) is 0 Å². The number of hydrogen-bond donors (Lipinski definition) is 2. The largest absolute Gasteiger partial charge is 0.376 e. The van der Waals surface area contributed by atoms with Crippen LogP contribution >= 0.6 is 11.8 Å². The zero-order chi connectivity index (χ0) is 24.2. The number of rotatable bonds is 8. The van der Waals surface area contributed by atoms with Crippen LogP contribution < -0.4 is 11.1 Å². The first kappa shape index (κ1) is 23.2. The van der Waals surface area contributed by atoms with E-state index in [9.17, 15) is 4.39 Å². The number of benzene rings is 2. The number of nitrogens with one attached hydrogen (secondary N) is 1. The predicted octanol–water partition coefficient (Wildman–Crippen LogP) is 4.37. The summed E-state index contributed by atoms with van der Waals surface area (Å²) >= 11 is 1.45. The molecule has 0 bridgehead atoms. The first-order valence-corrected chi connectivity index (χ1v) is 12.3. The Morgan fingerprint density at radius 2 is 1.94 bits per heavy atom. The number of nitrogens with zero attached hydrogens (tertiary/aromatic N) is 6. The van der Waals surface area contributed by atoms with Crippen molar-refractivity contribution < 1.29 is 9.13 Å². The number of ether oxygens (including phenoxy) is 1. The molecule has 1 saturated heterocycles. The minimum atomic E-state index is -0.295. The summed E-state index contributed by atoms with van der Waals surface area (Å²) in [6, 6.07) is 14.1. The van der Waals surface area contributed by atoms with Crippen LogP contribution in [0.4, 0.5) is 22.0 Å². The zero-order valence-electron chi connectivity index (χ0n) is 19.2. The van der Waals surface area contributed by atoms with Gasteiger partial charge in [0.15, 0.2) is 11.0 Å². The quantitative estimate of drug-likeness (QED) is 0.346. The molecule has 0 radical (unpaired) electrons. The average Bonchev–Trinajstić information content (AvgIpc) is 3.50. The summed E-state index contributed by atoms with van der Waals surface area (Å²) < 4.78 is 21.3. The first-order chi connectivity index (χ1) is 17.0. The van der Waals surface area contributed by atoms with Crippen LogP contribution in [0.25, 0.3) is 11.4 Å². The van der Waals surface area contributed by atoms with Gasteiger partial charge in [-0.2, -0.15) is 15.0 Å². The predicted molar refractivity (Wildman–Crippen MR) is 133 cm³/mol. The number of aryl methyl sites for hydroxylation is 1. The number of para-hydroxylation sites is 1. The lowest BCUT2D eigenvalue weighted by Gasteiger charge is -2.15. The molecule has 3 N–H and O–H groups in total. The molecule has 1 aliphatic rings. The fraction of sp³-hybridized carbons (Fsp3) is 0.292. The Balaban J connectivity index is 1.37. The van der Waals surface area contributed by atoms with Gasteiger partial charge in [-0.05, 0) is 55.7 Å². The molecule has 1 fully saturated rings. The van der Waals surface area contributed by atoms with Crippen LogP contribution in [0.1, 0.15) is 24.2 Å². The van der Waals surface area contributed by atoms with E-state index < -0.39 is 0 Å². The van der Waals surface area contributed by atoms with Gasteiger partial charge in [0.2, 0.25) is 11.9 Å². The van der Waals surface area contributed by atoms with Gasteiger partial charge < -0.3 is 15.8 Å². The van der Waals surface area contributed by atoms with E-state index in [2.05, 4.69) is 30.5 Å². The average molecular weight is 493 g/mol. The van der Waals surface area contributed by atoms with E-state index in [-0.39, 0.29) is 17.9 Å². The molecular weight excluding hydrogens is 467 g/mol. The van der Waals surface area contributed by atoms with Crippen LogP contribution in [0.15, 0.2) is 53.7 Å². The van der Waals surface area contributed by atoms with Gasteiger partial charge in [-0.25, -0.2) is 4.39 Å². The lowest BCUT2D eigenvalue weighted by Crippen LogP contribution is -2.16. The van der Waals surface area contributed by atoms with Crippen LogP contribution in [-0.2, 0) is 17.0 Å². The van der Waals surface area contributed by atoms with E-state index in [1.165, 1.54) is 23.9 Å². The molecule has 11 heteroatoms. The lowest BCUT2D eigenvalue weighted by molar-refractivity contribution is 0.0953. The van der Waals surface area contributed by atoms with Crippen molar-refractivity contribution in [1.82, 2.24) is 29.7 Å². The topological polar surface area (TPSA) is 117 Å². The molecule has 35 heavy (non-hydrogen) atoms. The van der Waals surface area contributed by atoms with Crippen LogP contribution in [0.3, 0.4) is 0 Å². The summed E-state index contributed by atoms with van der Waals surface area (Å²) in [4.78, 5) is 13.0. The summed E-state index contributed by atoms with van der Waals surface area (Å²) in [7, 11) is 0. The molecule has 5 rings (SSSR count). The fourth-order valence-electron chi connectivity index (χ4n) is 3.89. The van der Waals surface area contributed by atoms with Gasteiger partial charge in [0.05, 0.1) is 18.4 Å². The van der Waals surface area contributed by atoms with E-state index in [4.69, 9.17) is 10.5 Å². The van der Waals surface area contributed by atoms with Crippen molar-refractivity contribution >= 4 is 29.3 Å². The summed E-state index contributed by atoms with van der Waals surface area (Å²) in [6.45, 7) is 3.37. The zero-order valence-corrected chi connectivity index (χ0v) is 20.0. The molecule has 3 heterocycles. The smallest absolute Gasteiger partial charge is 0.232 e. The van der Waals surface area contributed by atoms with Gasteiger partial charge >= 0.3 is 0 Å². The third kappa shape index (κ3) is 5.57. The number of nitrogens with two attached hydrogens (primary N) is 1. The highest BCUT2D eigenvalue weighted by molar-refractivity contribution is 7.98. The highest BCUT2D eigenvalue weighted by Gasteiger charge is 2.22. The number of hydrogen-bond acceptors (Lipinski definition) is 9. The van der Waals surface area contributed by atoms with Gasteiger partial charge in [-0.3, -0.25) is 4.57 Å². The third-order valence-electron chi connectivity index (χ3n) is 5.65. The van der Waals surface area contributed by atoms with Crippen molar-refractivity contribution in [3.63, 3.8) is 0 Å². The monoisotopic (exact) mass is 492 g/mol. The normalized spacial score (nSPS) is 15.4. The Bertz CT molecular complexity index is 1310. The Hall–Kier alpha value is -3.57. The SMILES string of the molecule is Cc1ccccc1Nc1nc(N)nc(CSc2nnc(-c3ccc(F)cc3)n2C[C@H]2CCCO2)n1. The fourth-order valence-corrected chi connectivity index (χ4v) is 4.69. The summed E-state index contributed by atoms with van der Waals surface area (Å²) in [5, 5.41) is 12.7. The molecular formula is C24H25FN8OS. The van der Waals surface area contributed by atoms with Crippen molar-refractivity contribution in [2.24, 2.45) is 0 Å². The molecule has 9 nitrogen and oxygen atoms in total. The maximum absolute atomic E-state index is 13.5. The van der Waals surface area contributed by atoms with Crippen molar-refractivity contribution in [2.75, 3.05) is 17.7 Å². The Labute approximate surface area is 206 Å². The number of halogens is 1. The van der Waals surface area contributed by atoms with Crippen LogP contribution in [0, 0.1) is 12.7 Å². The highest BCUT2D eigenvalue weighted by Crippen LogP contribution is 2.28. The van der Waals surface area contributed by atoms with E-state index >= 15 is 0 Å². The molecule has 2 aromatic carbocycles. The van der Waals surface area contributed by atoms with E-state index in [0.717, 1.165) is 36.3 Å². The molecule has 0 amide bonds. The second kappa shape index (κ2) is 10.4. The number of thioether (sulfide) groups is 1. The van der Waals surface area contributed by atoms with Crippen LogP contribution in [0.5, 0.6) is 0 Å². The van der Waals surface area contributed by atoms with Crippen molar-refractivity contribution in [3.05, 3.63) is 65.7 Å². The maximum Gasteiger partial charge on any atom is 0.232 e. The van der Waals surface area contributed by atoms with Crippen molar-refractivity contribution in [1.29, 1.82) is 0 Å². The minimum absolute atomic E-state index is 0.0854. The molecule has 1 aliphatic heterocycles. The Kier molecular flexibility index (Phi) is 6.87. The van der Waals surface area contributed by atoms with E-state index in [1.54, 1.807) is 12.1 Å². The molecule has 2 aromatic heterocycles. The Morgan fingerprint density at radius 1 is 1.11 bits per heavy atom. The molecule has 180 valence electrons. The van der Waals surface area contributed by atoms with E-state index in [1.807, 2.05) is 35.8 Å². The van der Waals surface area contributed by atoms with Gasteiger partial charge in [-0.1, -0.05) is 30.0 Å². The molecule has 0 spiro atoms. The third-order valence-corrected chi connectivity index (χ3v) is 6.61. The summed E-state index contributed by atoms with van der Waals surface area (Å²) in [6.07, 6.45) is 2.09. The van der Waals surface area contributed by atoms with Crippen molar-refractivity contribution in [2.45, 2.75) is 43.3 Å². The molecule has 0 aliphatic carbocycles. The second-order valence-electron chi connectivity index (χ2n) is 8.22. The maximum atomic E-state index is 13.5. The van der Waals surface area contributed by atoms with E-state index in [0.29, 0.717) is 35.1 Å². The summed E-state index contributed by atoms with van der Waals surface area (Å²) in [5.41, 5.74) is 8.72. The number of nitrogen functional groups attached to an aromatic ring is 1. The molecule has 0 unspecified atom stereocenters. The highest BCUT2D eigenvalue weighted by atomic mass is 32.2. The minimum Gasteiger partial charge on any atom is -0.376 e. The van der Waals surface area contributed by atoms with Gasteiger partial charge in [-0.15, -0.1) is 10.2 Å². The lowest BCUT2D eigenvalue weighted by atomic mass is 10.2. The number of anilines is 3. The van der Waals surface area contributed by atoms with Crippen LogP contribution in [0.2, 0.25) is 0 Å².